The van der Waals surface area contributed by atoms with Crippen molar-refractivity contribution in [1.29, 1.82) is 0 Å². The zero-order valence-electron chi connectivity index (χ0n) is 14.4. The molecule has 0 spiro atoms. The van der Waals surface area contributed by atoms with Gasteiger partial charge in [0, 0.05) is 19.1 Å². The normalized spacial score (nSPS) is 20.2. The maximum Gasteiger partial charge on any atom is 0.410 e. The third-order valence-electron chi connectivity index (χ3n) is 4.90. The monoisotopic (exact) mass is 364 g/mol. The number of hydrogen-bond donors (Lipinski definition) is 0. The predicted octanol–water partition coefficient (Wildman–Crippen LogP) is 3.41. The Morgan fingerprint density at radius 2 is 1.92 bits per heavy atom. The van der Waals surface area contributed by atoms with Gasteiger partial charge in [-0.05, 0) is 37.7 Å². The minimum Gasteiger partial charge on any atom is -0.445 e. The Labute approximate surface area is 153 Å². The highest BCUT2D eigenvalue weighted by molar-refractivity contribution is 6.27. The van der Waals surface area contributed by atoms with Gasteiger partial charge in [0.1, 0.15) is 12.5 Å². The standard InChI is InChI=1S/C19H25ClN2O3/c20-12-18(23)22(16-9-10-16)13-17-8-4-5-11-21(17)19(24)25-14-15-6-2-1-3-7-15/h1-3,6-7,16-17H,4-5,8-14H2/t17-/m0/s1. The minimum atomic E-state index is -0.289. The topological polar surface area (TPSA) is 49.9 Å². The predicted molar refractivity (Wildman–Crippen MR) is 96.4 cm³/mol. The first kappa shape index (κ1) is 18.1. The van der Waals surface area contributed by atoms with Crippen molar-refractivity contribution < 1.29 is 14.3 Å². The van der Waals surface area contributed by atoms with Gasteiger partial charge in [0.2, 0.25) is 5.91 Å². The first-order chi connectivity index (χ1) is 12.2. The van der Waals surface area contributed by atoms with Crippen LogP contribution in [0.25, 0.3) is 0 Å². The van der Waals surface area contributed by atoms with Crippen molar-refractivity contribution in [2.75, 3.05) is 19.0 Å². The summed E-state index contributed by atoms with van der Waals surface area (Å²) >= 11 is 5.76. The summed E-state index contributed by atoms with van der Waals surface area (Å²) in [6.45, 7) is 1.53. The van der Waals surface area contributed by atoms with Gasteiger partial charge >= 0.3 is 6.09 Å². The molecule has 2 aliphatic rings. The van der Waals surface area contributed by atoms with Gasteiger partial charge < -0.3 is 14.5 Å². The van der Waals surface area contributed by atoms with Gasteiger partial charge in [-0.1, -0.05) is 30.3 Å². The minimum absolute atomic E-state index is 0.00166. The van der Waals surface area contributed by atoms with E-state index in [4.69, 9.17) is 16.3 Å². The number of nitrogens with zero attached hydrogens (tertiary/aromatic N) is 2. The Kier molecular flexibility index (Phi) is 6.19. The maximum absolute atomic E-state index is 12.6. The summed E-state index contributed by atoms with van der Waals surface area (Å²) < 4.78 is 5.50. The molecule has 1 aliphatic heterocycles. The van der Waals surface area contributed by atoms with Gasteiger partial charge in [0.25, 0.3) is 0 Å². The van der Waals surface area contributed by atoms with Crippen molar-refractivity contribution in [3.63, 3.8) is 0 Å². The highest BCUT2D eigenvalue weighted by Crippen LogP contribution is 2.29. The Hall–Kier alpha value is -1.75. The van der Waals surface area contributed by atoms with Crippen molar-refractivity contribution in [2.24, 2.45) is 0 Å². The zero-order valence-corrected chi connectivity index (χ0v) is 15.2. The van der Waals surface area contributed by atoms with E-state index < -0.39 is 0 Å². The van der Waals surface area contributed by atoms with Crippen LogP contribution in [0.5, 0.6) is 0 Å². The molecule has 0 radical (unpaired) electrons. The Morgan fingerprint density at radius 3 is 2.60 bits per heavy atom. The average molecular weight is 365 g/mol. The fraction of sp³-hybridized carbons (Fsp3) is 0.579. The quantitative estimate of drug-likeness (QED) is 0.727. The summed E-state index contributed by atoms with van der Waals surface area (Å²) in [5.74, 6) is -0.0332. The fourth-order valence-corrected chi connectivity index (χ4v) is 3.53. The largest absolute Gasteiger partial charge is 0.445 e. The molecule has 6 heteroatoms. The third-order valence-corrected chi connectivity index (χ3v) is 5.13. The van der Waals surface area contributed by atoms with E-state index in [1.807, 2.05) is 35.2 Å². The van der Waals surface area contributed by atoms with Gasteiger partial charge in [0.05, 0.1) is 6.04 Å². The van der Waals surface area contributed by atoms with E-state index in [-0.39, 0.29) is 30.5 Å². The average Bonchev–Trinajstić information content (AvgIpc) is 3.49. The smallest absolute Gasteiger partial charge is 0.410 e. The van der Waals surface area contributed by atoms with Crippen molar-refractivity contribution >= 4 is 23.6 Å². The summed E-state index contributed by atoms with van der Waals surface area (Å²) in [7, 11) is 0. The van der Waals surface area contributed by atoms with Gasteiger partial charge in [-0.15, -0.1) is 11.6 Å². The SMILES string of the molecule is O=C(CCl)N(C[C@@H]1CCCCN1C(=O)OCc1ccccc1)C1CC1. The van der Waals surface area contributed by atoms with Crippen LogP contribution in [-0.2, 0) is 16.1 Å². The van der Waals surface area contributed by atoms with Crippen LogP contribution in [0.2, 0.25) is 0 Å². The number of alkyl halides is 1. The second-order valence-corrected chi connectivity index (χ2v) is 7.06. The van der Waals surface area contributed by atoms with Crippen molar-refractivity contribution in [1.82, 2.24) is 9.80 Å². The number of benzene rings is 1. The molecule has 1 saturated carbocycles. The Bertz CT molecular complexity index is 592. The summed E-state index contributed by atoms with van der Waals surface area (Å²) in [6.07, 6.45) is 4.73. The van der Waals surface area contributed by atoms with E-state index in [0.29, 0.717) is 19.1 Å². The number of rotatable bonds is 6. The number of carbonyl (C=O) groups is 2. The molecule has 0 unspecified atom stereocenters. The number of ether oxygens (including phenoxy) is 1. The van der Waals surface area contributed by atoms with E-state index in [2.05, 4.69) is 0 Å². The second-order valence-electron chi connectivity index (χ2n) is 6.79. The molecule has 1 aliphatic carbocycles. The van der Waals surface area contributed by atoms with Crippen LogP contribution in [0.3, 0.4) is 0 Å². The van der Waals surface area contributed by atoms with Crippen LogP contribution in [0.1, 0.15) is 37.7 Å². The van der Waals surface area contributed by atoms with E-state index in [1.165, 1.54) is 0 Å². The summed E-state index contributed by atoms with van der Waals surface area (Å²) in [6, 6.07) is 9.99. The summed E-state index contributed by atoms with van der Waals surface area (Å²) in [5, 5.41) is 0. The first-order valence-corrected chi connectivity index (χ1v) is 9.55. The summed E-state index contributed by atoms with van der Waals surface area (Å²) in [4.78, 5) is 28.3. The lowest BCUT2D eigenvalue weighted by atomic mass is 10.0. The van der Waals surface area contributed by atoms with Gasteiger partial charge in [-0.3, -0.25) is 4.79 Å². The number of carbonyl (C=O) groups excluding carboxylic acids is 2. The molecule has 2 fully saturated rings. The van der Waals surface area contributed by atoms with Crippen LogP contribution in [0, 0.1) is 0 Å². The molecule has 0 aromatic heterocycles. The third kappa shape index (κ3) is 4.88. The zero-order chi connectivity index (χ0) is 17.6. The number of halogens is 1. The van der Waals surface area contributed by atoms with E-state index in [1.54, 1.807) is 4.90 Å². The molecule has 0 N–H and O–H groups in total. The highest BCUT2D eigenvalue weighted by atomic mass is 35.5. The highest BCUT2D eigenvalue weighted by Gasteiger charge is 2.36. The molecular formula is C19H25ClN2O3. The van der Waals surface area contributed by atoms with Crippen LogP contribution >= 0.6 is 11.6 Å². The Morgan fingerprint density at radius 1 is 1.16 bits per heavy atom. The molecule has 1 atom stereocenters. The van der Waals surface area contributed by atoms with Crippen LogP contribution in [0.4, 0.5) is 4.79 Å². The molecule has 1 aromatic rings. The molecule has 1 aromatic carbocycles. The molecule has 1 heterocycles. The molecule has 25 heavy (non-hydrogen) atoms. The van der Waals surface area contributed by atoms with E-state index >= 15 is 0 Å². The van der Waals surface area contributed by atoms with Crippen LogP contribution in [0.15, 0.2) is 30.3 Å². The molecule has 1 saturated heterocycles. The van der Waals surface area contributed by atoms with Crippen LogP contribution < -0.4 is 0 Å². The molecule has 136 valence electrons. The van der Waals surface area contributed by atoms with Crippen LogP contribution in [-0.4, -0.2) is 52.9 Å². The molecule has 5 nitrogen and oxygen atoms in total. The van der Waals surface area contributed by atoms with E-state index in [0.717, 1.165) is 37.7 Å². The van der Waals surface area contributed by atoms with Gasteiger partial charge in [0.15, 0.2) is 0 Å². The van der Waals surface area contributed by atoms with Gasteiger partial charge in [-0.25, -0.2) is 4.79 Å². The molecule has 3 rings (SSSR count). The molecule has 0 bridgehead atoms. The van der Waals surface area contributed by atoms with Crippen molar-refractivity contribution in [3.05, 3.63) is 35.9 Å². The molecule has 2 amide bonds. The second kappa shape index (κ2) is 8.56. The number of hydrogen-bond acceptors (Lipinski definition) is 3. The lowest BCUT2D eigenvalue weighted by Crippen LogP contribution is -2.51. The maximum atomic E-state index is 12.6. The number of amides is 2. The van der Waals surface area contributed by atoms with Gasteiger partial charge in [-0.2, -0.15) is 0 Å². The van der Waals surface area contributed by atoms with E-state index in [9.17, 15) is 9.59 Å². The lowest BCUT2D eigenvalue weighted by molar-refractivity contribution is -0.130. The fourth-order valence-electron chi connectivity index (χ4n) is 3.38. The number of piperidine rings is 1. The number of likely N-dealkylation sites (tertiary alicyclic amines) is 1. The lowest BCUT2D eigenvalue weighted by Gasteiger charge is -2.38. The van der Waals surface area contributed by atoms with Crippen molar-refractivity contribution in [3.8, 4) is 0 Å². The van der Waals surface area contributed by atoms with Crippen molar-refractivity contribution in [2.45, 2.75) is 50.8 Å². The first-order valence-electron chi connectivity index (χ1n) is 9.02. The summed E-state index contributed by atoms with van der Waals surface area (Å²) in [5.41, 5.74) is 0.973. The Balaban J connectivity index is 1.59. The molecular weight excluding hydrogens is 340 g/mol.